The Bertz CT molecular complexity index is 1360. The molecule has 3 aliphatic rings. The number of carbonyl (C=O) groups is 4. The number of hydrogen-bond donors (Lipinski definition) is 1. The lowest BCUT2D eigenvalue weighted by atomic mass is 9.70. The number of likely N-dealkylation sites (tertiary alicyclic amines) is 1. The van der Waals surface area contributed by atoms with Crippen molar-refractivity contribution in [2.45, 2.75) is 107 Å². The van der Waals surface area contributed by atoms with Crippen LogP contribution in [0.5, 0.6) is 0 Å². The van der Waals surface area contributed by atoms with Gasteiger partial charge in [-0.25, -0.2) is 0 Å². The zero-order valence-corrected chi connectivity index (χ0v) is 31.2. The number of fused-ring (bicyclic) bond motifs is 1. The molecule has 1 aromatic carbocycles. The standard InChI is InChI=1S/C38H54BrN3O7/c1-8-11-16-21-41(20-10-3)36(46)34-38-22-27(39)33(49-38)30(31(38)35(45)42(34)28(23-43)24(4)5)37(47)48-32(26-17-14-13-15-18-26)25(6)40(7)29(44)19-12-9-2/h9-10,13-15,17-18,24-25,27-28,30-34,43H,2-3,8,11-12,16,19-23H2,1,4-7H3/t25-,27?,28+,30+,31-,32+,33+,34+,38-/m1/s1. The number of unbranched alkanes of at least 4 members (excludes halogenated alkanes) is 2. The van der Waals surface area contributed by atoms with Crippen molar-refractivity contribution in [2.24, 2.45) is 17.8 Å². The number of benzene rings is 1. The summed E-state index contributed by atoms with van der Waals surface area (Å²) >= 11 is 3.75. The molecule has 0 saturated carbocycles. The Morgan fingerprint density at radius 2 is 1.86 bits per heavy atom. The predicted octanol–water partition coefficient (Wildman–Crippen LogP) is 5.05. The highest BCUT2D eigenvalue weighted by Crippen LogP contribution is 2.61. The highest BCUT2D eigenvalue weighted by atomic mass is 79.9. The summed E-state index contributed by atoms with van der Waals surface area (Å²) in [5, 5.41) is 10.6. The monoisotopic (exact) mass is 743 g/mol. The number of rotatable bonds is 18. The molecule has 11 heteroatoms. The lowest BCUT2D eigenvalue weighted by Crippen LogP contribution is -2.60. The average molecular weight is 745 g/mol. The van der Waals surface area contributed by atoms with Crippen molar-refractivity contribution in [3.8, 4) is 0 Å². The van der Waals surface area contributed by atoms with Gasteiger partial charge in [0.25, 0.3) is 0 Å². The number of aliphatic hydroxyl groups is 1. The molecule has 1 unspecified atom stereocenters. The smallest absolute Gasteiger partial charge is 0.313 e. The van der Waals surface area contributed by atoms with Crippen LogP contribution >= 0.6 is 15.9 Å². The van der Waals surface area contributed by atoms with Gasteiger partial charge in [-0.1, -0.05) is 92.0 Å². The van der Waals surface area contributed by atoms with E-state index in [-0.39, 0.29) is 41.5 Å². The van der Waals surface area contributed by atoms with E-state index >= 15 is 0 Å². The van der Waals surface area contributed by atoms with Gasteiger partial charge in [0.1, 0.15) is 17.7 Å². The molecule has 3 amide bonds. The summed E-state index contributed by atoms with van der Waals surface area (Å²) in [6.45, 7) is 15.8. The lowest BCUT2D eigenvalue weighted by Gasteiger charge is -2.40. The maximum Gasteiger partial charge on any atom is 0.313 e. The Labute approximate surface area is 300 Å². The van der Waals surface area contributed by atoms with Crippen molar-refractivity contribution in [2.75, 3.05) is 26.7 Å². The molecule has 1 aromatic rings. The summed E-state index contributed by atoms with van der Waals surface area (Å²) in [6, 6.07) is 7.02. The van der Waals surface area contributed by atoms with Gasteiger partial charge in [-0.05, 0) is 37.7 Å². The minimum absolute atomic E-state index is 0.109. The lowest BCUT2D eigenvalue weighted by molar-refractivity contribution is -0.165. The van der Waals surface area contributed by atoms with E-state index in [9.17, 15) is 24.3 Å². The van der Waals surface area contributed by atoms with E-state index in [1.807, 2.05) is 51.1 Å². The minimum atomic E-state index is -1.30. The van der Waals surface area contributed by atoms with Crippen LogP contribution < -0.4 is 0 Å². The van der Waals surface area contributed by atoms with Crippen LogP contribution in [0.3, 0.4) is 0 Å². The molecule has 3 fully saturated rings. The van der Waals surface area contributed by atoms with Gasteiger partial charge in [-0.3, -0.25) is 19.2 Å². The molecular formula is C38H54BrN3O7. The molecule has 3 heterocycles. The third-order valence-electron chi connectivity index (χ3n) is 10.6. The van der Waals surface area contributed by atoms with Crippen molar-refractivity contribution < 1.29 is 33.8 Å². The Balaban J connectivity index is 1.74. The number of aliphatic hydroxyl groups excluding tert-OH is 1. The van der Waals surface area contributed by atoms with E-state index in [2.05, 4.69) is 36.0 Å². The number of esters is 1. The fraction of sp³-hybridized carbons (Fsp3) is 0.632. The maximum absolute atomic E-state index is 14.7. The van der Waals surface area contributed by atoms with Gasteiger partial charge in [0.2, 0.25) is 17.7 Å². The van der Waals surface area contributed by atoms with E-state index < -0.39 is 53.7 Å². The first kappa shape index (κ1) is 38.8. The Morgan fingerprint density at radius 1 is 1.16 bits per heavy atom. The number of hydrogen-bond acceptors (Lipinski definition) is 7. The van der Waals surface area contributed by atoms with E-state index in [1.165, 1.54) is 4.90 Å². The second-order valence-corrected chi connectivity index (χ2v) is 15.2. The van der Waals surface area contributed by atoms with Gasteiger partial charge >= 0.3 is 5.97 Å². The normalized spacial score (nSPS) is 27.4. The van der Waals surface area contributed by atoms with Crippen molar-refractivity contribution in [3.05, 3.63) is 61.2 Å². The molecular weight excluding hydrogens is 690 g/mol. The average Bonchev–Trinajstić information content (AvgIpc) is 3.68. The molecule has 0 aliphatic carbocycles. The maximum atomic E-state index is 14.7. The number of amides is 3. The summed E-state index contributed by atoms with van der Waals surface area (Å²) in [4.78, 5) is 61.4. The van der Waals surface area contributed by atoms with Crippen LogP contribution in [0, 0.1) is 17.8 Å². The molecule has 2 bridgehead atoms. The predicted molar refractivity (Wildman–Crippen MR) is 192 cm³/mol. The van der Waals surface area contributed by atoms with Crippen molar-refractivity contribution in [3.63, 3.8) is 0 Å². The molecule has 1 N–H and O–H groups in total. The first-order valence-electron chi connectivity index (χ1n) is 17.7. The van der Waals surface area contributed by atoms with Gasteiger partial charge in [-0.15, -0.1) is 13.2 Å². The molecule has 0 aromatic heterocycles. The van der Waals surface area contributed by atoms with Crippen LogP contribution in [0.15, 0.2) is 55.6 Å². The van der Waals surface area contributed by atoms with Crippen LogP contribution in [-0.4, -0.2) is 105 Å². The Morgan fingerprint density at radius 3 is 2.45 bits per heavy atom. The van der Waals surface area contributed by atoms with Crippen LogP contribution in [0.2, 0.25) is 0 Å². The van der Waals surface area contributed by atoms with Crippen LogP contribution in [0.1, 0.15) is 77.9 Å². The number of nitrogens with zero attached hydrogens (tertiary/aromatic N) is 3. The first-order valence-corrected chi connectivity index (χ1v) is 18.6. The highest BCUT2D eigenvalue weighted by molar-refractivity contribution is 9.09. The van der Waals surface area contributed by atoms with Crippen LogP contribution in [0.4, 0.5) is 0 Å². The van der Waals surface area contributed by atoms with Gasteiger partial charge in [-0.2, -0.15) is 0 Å². The van der Waals surface area contributed by atoms with Crippen LogP contribution in [0.25, 0.3) is 0 Å². The molecule has 0 radical (unpaired) electrons. The summed E-state index contributed by atoms with van der Waals surface area (Å²) < 4.78 is 13.1. The molecule has 49 heavy (non-hydrogen) atoms. The molecule has 270 valence electrons. The third-order valence-corrected chi connectivity index (χ3v) is 11.5. The van der Waals surface area contributed by atoms with E-state index in [0.717, 1.165) is 19.3 Å². The summed E-state index contributed by atoms with van der Waals surface area (Å²) in [5.41, 5.74) is -0.588. The fourth-order valence-corrected chi connectivity index (χ4v) is 8.83. The molecule has 9 atom stereocenters. The van der Waals surface area contributed by atoms with E-state index in [1.54, 1.807) is 29.0 Å². The number of likely N-dealkylation sites (N-methyl/N-ethyl adjacent to an activating group) is 1. The molecule has 10 nitrogen and oxygen atoms in total. The van der Waals surface area contributed by atoms with Crippen molar-refractivity contribution >= 4 is 39.6 Å². The Kier molecular flexibility index (Phi) is 13.3. The highest BCUT2D eigenvalue weighted by Gasteiger charge is 2.77. The molecule has 3 saturated heterocycles. The van der Waals surface area contributed by atoms with Gasteiger partial charge in [0, 0.05) is 31.4 Å². The Hall–Kier alpha value is -3.02. The van der Waals surface area contributed by atoms with Gasteiger partial charge in [0.05, 0.1) is 36.6 Å². The number of allylic oxidation sites excluding steroid dienone is 1. The zero-order chi connectivity index (χ0) is 36.0. The zero-order valence-electron chi connectivity index (χ0n) is 29.6. The molecule has 1 spiro atoms. The largest absolute Gasteiger partial charge is 0.455 e. The third kappa shape index (κ3) is 7.54. The van der Waals surface area contributed by atoms with Gasteiger partial charge in [0.15, 0.2) is 0 Å². The van der Waals surface area contributed by atoms with E-state index in [0.29, 0.717) is 31.5 Å². The SMILES string of the molecule is C=CCCC(=O)N(C)[C@H](C)[C@H](OC(=O)[C@@H]1[C@H]2O[C@@]3(CC2Br)[C@H](C(=O)N(CC=C)CCCCC)N([C@@H](CO)C(C)C)C(=O)[C@@H]13)c1ccccc1. The van der Waals surface area contributed by atoms with Crippen molar-refractivity contribution in [1.82, 2.24) is 14.7 Å². The van der Waals surface area contributed by atoms with Crippen molar-refractivity contribution in [1.29, 1.82) is 0 Å². The fourth-order valence-electron chi connectivity index (χ4n) is 7.89. The second-order valence-electron chi connectivity index (χ2n) is 14.0. The number of carbonyl (C=O) groups excluding carboxylic acids is 4. The first-order chi connectivity index (χ1) is 23.4. The molecule has 4 rings (SSSR count). The quantitative estimate of drug-likeness (QED) is 0.0968. The van der Waals surface area contributed by atoms with Gasteiger partial charge < -0.3 is 29.3 Å². The summed E-state index contributed by atoms with van der Waals surface area (Å²) in [6.07, 6.45) is 5.69. The number of ether oxygens (including phenoxy) is 2. The topological polar surface area (TPSA) is 117 Å². The number of halogens is 1. The number of alkyl halides is 1. The minimum Gasteiger partial charge on any atom is -0.455 e. The summed E-state index contributed by atoms with van der Waals surface area (Å²) in [5.74, 6) is -3.55. The molecule has 3 aliphatic heterocycles. The van der Waals surface area contributed by atoms with E-state index in [4.69, 9.17) is 9.47 Å². The second kappa shape index (κ2) is 16.8. The summed E-state index contributed by atoms with van der Waals surface area (Å²) in [7, 11) is 1.69. The van der Waals surface area contributed by atoms with Crippen LogP contribution in [-0.2, 0) is 28.7 Å².